The van der Waals surface area contributed by atoms with Gasteiger partial charge in [0.05, 0.1) is 0 Å². The molecule has 0 atom stereocenters. The highest BCUT2D eigenvalue weighted by Gasteiger charge is 2.23. The lowest BCUT2D eigenvalue weighted by molar-refractivity contribution is -0.131. The first-order valence-electron chi connectivity index (χ1n) is 11.8. The Bertz CT molecular complexity index is 1300. The third-order valence-corrected chi connectivity index (χ3v) is 6.65. The lowest BCUT2D eigenvalue weighted by Crippen LogP contribution is -2.49. The topological polar surface area (TPSA) is 62.5 Å². The first-order valence-corrected chi connectivity index (χ1v) is 12.2. The summed E-state index contributed by atoms with van der Waals surface area (Å²) in [6.07, 6.45) is 0.784. The van der Waals surface area contributed by atoms with Gasteiger partial charge in [0, 0.05) is 55.3 Å². The van der Waals surface area contributed by atoms with Gasteiger partial charge in [-0.1, -0.05) is 77.4 Å². The van der Waals surface area contributed by atoms with Crippen LogP contribution in [0.2, 0.25) is 5.02 Å². The molecule has 5 rings (SSSR count). The van der Waals surface area contributed by atoms with E-state index in [0.29, 0.717) is 37.6 Å². The Morgan fingerprint density at radius 1 is 0.914 bits per heavy atom. The summed E-state index contributed by atoms with van der Waals surface area (Å²) in [4.78, 5) is 21.5. The number of nitrogens with zero attached hydrogens (tertiary/aromatic N) is 4. The number of aryl methyl sites for hydroxylation is 2. The van der Waals surface area contributed by atoms with Crippen LogP contribution in [0, 0.1) is 6.92 Å². The number of aromatic nitrogens is 2. The van der Waals surface area contributed by atoms with E-state index in [9.17, 15) is 4.79 Å². The summed E-state index contributed by atoms with van der Waals surface area (Å²) in [5.41, 5.74) is 5.51. The maximum Gasteiger partial charge on any atom is 0.227 e. The van der Waals surface area contributed by atoms with Gasteiger partial charge in [-0.3, -0.25) is 4.79 Å². The molecule has 0 spiro atoms. The monoisotopic (exact) mass is 486 g/mol. The van der Waals surface area contributed by atoms with E-state index in [1.54, 1.807) is 0 Å². The number of carbonyl (C=O) groups excluding carboxylic acids is 1. The number of anilines is 1. The number of hydrogen-bond donors (Lipinski definition) is 0. The van der Waals surface area contributed by atoms with Crippen LogP contribution < -0.4 is 4.90 Å². The summed E-state index contributed by atoms with van der Waals surface area (Å²) in [6, 6.07) is 24.2. The number of halogens is 1. The Morgan fingerprint density at radius 2 is 1.60 bits per heavy atom. The van der Waals surface area contributed by atoms with Crippen LogP contribution in [-0.2, 0) is 11.2 Å². The molecule has 0 N–H and O–H groups in total. The third-order valence-electron chi connectivity index (χ3n) is 6.42. The Kier molecular flexibility index (Phi) is 6.82. The van der Waals surface area contributed by atoms with Crippen molar-refractivity contribution in [3.8, 4) is 22.5 Å². The van der Waals surface area contributed by atoms with Crippen molar-refractivity contribution in [2.45, 2.75) is 19.8 Å². The van der Waals surface area contributed by atoms with Gasteiger partial charge >= 0.3 is 0 Å². The molecular weight excluding hydrogens is 460 g/mol. The summed E-state index contributed by atoms with van der Waals surface area (Å²) < 4.78 is 5.42. The fourth-order valence-electron chi connectivity index (χ4n) is 4.41. The molecule has 1 amide bonds. The van der Waals surface area contributed by atoms with Crippen LogP contribution in [0.25, 0.3) is 22.5 Å². The van der Waals surface area contributed by atoms with Crippen LogP contribution in [0.1, 0.15) is 17.9 Å². The van der Waals surface area contributed by atoms with Crippen LogP contribution in [0.5, 0.6) is 0 Å². The SMILES string of the molecule is Cc1ccc(Cl)cc1N1CCN(C(=O)CCc2nc(-c3ccc(-c4ccccc4)cc3)no2)CC1. The molecule has 4 aromatic rings. The van der Waals surface area contributed by atoms with Crippen LogP contribution in [-0.4, -0.2) is 47.1 Å². The van der Waals surface area contributed by atoms with Crippen molar-refractivity contribution in [2.24, 2.45) is 0 Å². The summed E-state index contributed by atoms with van der Waals surface area (Å²) in [6.45, 7) is 5.04. The van der Waals surface area contributed by atoms with Gasteiger partial charge < -0.3 is 14.3 Å². The Hall–Kier alpha value is -3.64. The molecule has 0 radical (unpaired) electrons. The van der Waals surface area contributed by atoms with E-state index in [4.69, 9.17) is 16.1 Å². The van der Waals surface area contributed by atoms with Gasteiger partial charge in [0.1, 0.15) is 0 Å². The van der Waals surface area contributed by atoms with Gasteiger partial charge in [-0.15, -0.1) is 0 Å². The number of piperazine rings is 1. The zero-order valence-corrected chi connectivity index (χ0v) is 20.4. The third kappa shape index (κ3) is 5.38. The number of carbonyl (C=O) groups is 1. The predicted molar refractivity (Wildman–Crippen MR) is 138 cm³/mol. The van der Waals surface area contributed by atoms with Crippen LogP contribution in [0.4, 0.5) is 5.69 Å². The molecule has 0 saturated carbocycles. The van der Waals surface area contributed by atoms with Gasteiger partial charge in [-0.2, -0.15) is 4.98 Å². The van der Waals surface area contributed by atoms with E-state index in [-0.39, 0.29) is 5.91 Å². The highest BCUT2D eigenvalue weighted by molar-refractivity contribution is 6.30. The zero-order chi connectivity index (χ0) is 24.2. The van der Waals surface area contributed by atoms with Crippen LogP contribution in [0.3, 0.4) is 0 Å². The Balaban J connectivity index is 1.14. The Morgan fingerprint density at radius 3 is 2.34 bits per heavy atom. The molecule has 1 aliphatic rings. The standard InChI is InChI=1S/C28H27ClN4O2/c1-20-7-12-24(29)19-25(20)32-15-17-33(18-16-32)27(34)14-13-26-30-28(31-35-26)23-10-8-22(9-11-23)21-5-3-2-4-6-21/h2-12,19H,13-18H2,1H3. The van der Waals surface area contributed by atoms with E-state index in [2.05, 4.69) is 46.2 Å². The molecule has 1 saturated heterocycles. The first kappa shape index (κ1) is 23.1. The average Bonchev–Trinajstić information content (AvgIpc) is 3.38. The molecule has 7 heteroatoms. The minimum atomic E-state index is 0.111. The van der Waals surface area contributed by atoms with Crippen molar-refractivity contribution >= 4 is 23.2 Å². The molecule has 1 aliphatic heterocycles. The average molecular weight is 487 g/mol. The highest BCUT2D eigenvalue weighted by Crippen LogP contribution is 2.26. The van der Waals surface area contributed by atoms with Crippen molar-refractivity contribution < 1.29 is 9.32 Å². The van der Waals surface area contributed by atoms with E-state index in [0.717, 1.165) is 40.5 Å². The first-order chi connectivity index (χ1) is 17.1. The summed E-state index contributed by atoms with van der Waals surface area (Å²) in [5.74, 6) is 1.13. The molecule has 35 heavy (non-hydrogen) atoms. The summed E-state index contributed by atoms with van der Waals surface area (Å²) in [5, 5.41) is 4.84. The van der Waals surface area contributed by atoms with Crippen molar-refractivity contribution in [1.82, 2.24) is 15.0 Å². The lowest BCUT2D eigenvalue weighted by Gasteiger charge is -2.37. The normalized spacial score (nSPS) is 13.8. The quantitative estimate of drug-likeness (QED) is 0.352. The summed E-state index contributed by atoms with van der Waals surface area (Å²) >= 11 is 6.18. The smallest absolute Gasteiger partial charge is 0.227 e. The second kappa shape index (κ2) is 10.3. The minimum Gasteiger partial charge on any atom is -0.368 e. The van der Waals surface area contributed by atoms with Gasteiger partial charge in [-0.25, -0.2) is 0 Å². The minimum absolute atomic E-state index is 0.111. The molecule has 1 aromatic heterocycles. The highest BCUT2D eigenvalue weighted by atomic mass is 35.5. The second-order valence-corrected chi connectivity index (χ2v) is 9.19. The fourth-order valence-corrected chi connectivity index (χ4v) is 4.57. The largest absolute Gasteiger partial charge is 0.368 e. The van der Waals surface area contributed by atoms with Gasteiger partial charge in [0.25, 0.3) is 0 Å². The van der Waals surface area contributed by atoms with Crippen LogP contribution >= 0.6 is 11.6 Å². The number of amides is 1. The molecule has 3 aromatic carbocycles. The molecule has 0 aliphatic carbocycles. The van der Waals surface area contributed by atoms with Gasteiger partial charge in [-0.05, 0) is 35.7 Å². The lowest BCUT2D eigenvalue weighted by atomic mass is 10.0. The molecule has 6 nitrogen and oxygen atoms in total. The van der Waals surface area contributed by atoms with Crippen molar-refractivity contribution in [3.63, 3.8) is 0 Å². The number of hydrogen-bond acceptors (Lipinski definition) is 5. The molecule has 178 valence electrons. The van der Waals surface area contributed by atoms with Gasteiger partial charge in [0.15, 0.2) is 0 Å². The zero-order valence-electron chi connectivity index (χ0n) is 19.7. The van der Waals surface area contributed by atoms with E-state index in [1.165, 1.54) is 5.56 Å². The number of benzene rings is 3. The molecule has 0 bridgehead atoms. The van der Waals surface area contributed by atoms with Crippen LogP contribution in [0.15, 0.2) is 77.3 Å². The van der Waals surface area contributed by atoms with Crippen molar-refractivity contribution in [2.75, 3.05) is 31.1 Å². The van der Waals surface area contributed by atoms with Crippen molar-refractivity contribution in [3.05, 3.63) is 89.3 Å². The summed E-state index contributed by atoms with van der Waals surface area (Å²) in [7, 11) is 0. The second-order valence-electron chi connectivity index (χ2n) is 8.75. The van der Waals surface area contributed by atoms with E-state index in [1.807, 2.05) is 53.4 Å². The predicted octanol–water partition coefficient (Wildman–Crippen LogP) is 5.65. The maximum atomic E-state index is 12.8. The van der Waals surface area contributed by atoms with Crippen molar-refractivity contribution in [1.29, 1.82) is 0 Å². The molecular formula is C28H27ClN4O2. The molecule has 1 fully saturated rings. The molecule has 2 heterocycles. The van der Waals surface area contributed by atoms with E-state index < -0.39 is 0 Å². The maximum absolute atomic E-state index is 12.8. The van der Waals surface area contributed by atoms with Gasteiger partial charge in [0.2, 0.25) is 17.6 Å². The fraction of sp³-hybridized carbons (Fsp3) is 0.250. The number of rotatable bonds is 6. The molecule has 0 unspecified atom stereocenters. The van der Waals surface area contributed by atoms with E-state index >= 15 is 0 Å². The Labute approximate surface area is 210 Å².